The van der Waals surface area contributed by atoms with E-state index in [9.17, 15) is 0 Å². The summed E-state index contributed by atoms with van der Waals surface area (Å²) in [7, 11) is 0. The molecule has 0 bridgehead atoms. The van der Waals surface area contributed by atoms with E-state index < -0.39 is 0 Å². The summed E-state index contributed by atoms with van der Waals surface area (Å²) in [6.07, 6.45) is 1.15. The van der Waals surface area contributed by atoms with Crippen molar-refractivity contribution in [3.8, 4) is 0 Å². The van der Waals surface area contributed by atoms with E-state index >= 15 is 0 Å². The third kappa shape index (κ3) is 1.87. The summed E-state index contributed by atoms with van der Waals surface area (Å²) >= 11 is 6.40. The highest BCUT2D eigenvalue weighted by Gasteiger charge is 2.41. The first-order valence-electron chi connectivity index (χ1n) is 7.19. The van der Waals surface area contributed by atoms with Crippen LogP contribution in [0.4, 0.5) is 0 Å². The van der Waals surface area contributed by atoms with E-state index in [4.69, 9.17) is 21.3 Å². The van der Waals surface area contributed by atoms with Gasteiger partial charge in [0, 0.05) is 6.61 Å². The fourth-order valence-corrected chi connectivity index (χ4v) is 3.36. The first-order chi connectivity index (χ1) is 9.45. The van der Waals surface area contributed by atoms with Crippen LogP contribution in [0.5, 0.6) is 0 Å². The predicted molar refractivity (Wildman–Crippen MR) is 82.4 cm³/mol. The summed E-state index contributed by atoms with van der Waals surface area (Å²) in [5, 5.41) is -0.119. The third-order valence-corrected chi connectivity index (χ3v) is 4.82. The molecule has 1 fully saturated rings. The van der Waals surface area contributed by atoms with Gasteiger partial charge in [0.15, 0.2) is 0 Å². The molecule has 1 aromatic carbocycles. The molecule has 108 valence electrons. The summed E-state index contributed by atoms with van der Waals surface area (Å²) < 4.78 is 8.15. The molecule has 2 heterocycles. The number of ether oxygens (including phenoxy) is 1. The number of hydrogen-bond acceptors (Lipinski definition) is 2. The molecule has 3 nitrogen and oxygen atoms in total. The number of hydrogen-bond donors (Lipinski definition) is 0. The van der Waals surface area contributed by atoms with Gasteiger partial charge in [-0.2, -0.15) is 0 Å². The molecule has 3 rings (SSSR count). The van der Waals surface area contributed by atoms with Crippen LogP contribution in [-0.4, -0.2) is 22.3 Å². The van der Waals surface area contributed by atoms with Crippen molar-refractivity contribution >= 4 is 22.6 Å². The van der Waals surface area contributed by atoms with Crippen LogP contribution in [0, 0.1) is 6.92 Å². The molecule has 3 atom stereocenters. The molecule has 0 spiro atoms. The molecule has 3 unspecified atom stereocenters. The summed E-state index contributed by atoms with van der Waals surface area (Å²) in [6.45, 7) is 9.30. The van der Waals surface area contributed by atoms with Crippen molar-refractivity contribution in [1.29, 1.82) is 0 Å². The number of rotatable bonds is 2. The molecule has 2 aromatic rings. The van der Waals surface area contributed by atoms with Crippen LogP contribution in [0.3, 0.4) is 0 Å². The molecule has 0 radical (unpaired) electrons. The molecule has 1 aromatic heterocycles. The molecule has 1 saturated heterocycles. The SMILES string of the molecule is Cc1cccc2nc(C(C)Cl)n(C3(C)CCOC3C)c12. The highest BCUT2D eigenvalue weighted by Crippen LogP contribution is 2.40. The highest BCUT2D eigenvalue weighted by molar-refractivity contribution is 6.20. The smallest absolute Gasteiger partial charge is 0.128 e. The first kappa shape index (κ1) is 13.9. The Balaban J connectivity index is 2.35. The lowest BCUT2D eigenvalue weighted by Crippen LogP contribution is -2.38. The summed E-state index contributed by atoms with van der Waals surface area (Å²) in [5.41, 5.74) is 3.36. The van der Waals surface area contributed by atoms with Crippen molar-refractivity contribution in [1.82, 2.24) is 9.55 Å². The lowest BCUT2D eigenvalue weighted by molar-refractivity contribution is 0.0763. The number of benzene rings is 1. The van der Waals surface area contributed by atoms with Crippen molar-refractivity contribution in [2.45, 2.75) is 51.1 Å². The molecule has 0 aliphatic carbocycles. The Morgan fingerprint density at radius 1 is 1.50 bits per heavy atom. The Bertz CT molecular complexity index is 649. The van der Waals surface area contributed by atoms with E-state index in [1.165, 1.54) is 11.1 Å². The predicted octanol–water partition coefficient (Wildman–Crippen LogP) is 4.17. The van der Waals surface area contributed by atoms with E-state index in [0.29, 0.717) is 0 Å². The van der Waals surface area contributed by atoms with Crippen LogP contribution < -0.4 is 0 Å². The molecular formula is C16H21ClN2O. The highest BCUT2D eigenvalue weighted by atomic mass is 35.5. The standard InChI is InChI=1S/C16H21ClN2O/c1-10-6-5-7-13-14(10)19(15(18-13)11(2)17)16(4)8-9-20-12(16)3/h5-7,11-12H,8-9H2,1-4H3. The zero-order chi connectivity index (χ0) is 14.5. The van der Waals surface area contributed by atoms with Crippen LogP contribution in [-0.2, 0) is 10.3 Å². The van der Waals surface area contributed by atoms with Crippen molar-refractivity contribution in [2.24, 2.45) is 0 Å². The molecule has 4 heteroatoms. The van der Waals surface area contributed by atoms with Crippen LogP contribution in [0.25, 0.3) is 11.0 Å². The molecule has 1 aliphatic rings. The van der Waals surface area contributed by atoms with Crippen molar-refractivity contribution in [2.75, 3.05) is 6.61 Å². The maximum Gasteiger partial charge on any atom is 0.128 e. The minimum Gasteiger partial charge on any atom is -0.376 e. The summed E-state index contributed by atoms with van der Waals surface area (Å²) in [4.78, 5) is 4.77. The number of aryl methyl sites for hydroxylation is 1. The quantitative estimate of drug-likeness (QED) is 0.777. The maximum absolute atomic E-state index is 6.40. The Kier molecular flexibility index (Phi) is 3.30. The van der Waals surface area contributed by atoms with Gasteiger partial charge in [-0.25, -0.2) is 4.98 Å². The zero-order valence-electron chi connectivity index (χ0n) is 12.5. The number of fused-ring (bicyclic) bond motifs is 1. The zero-order valence-corrected chi connectivity index (χ0v) is 13.2. The van der Waals surface area contributed by atoms with Crippen molar-refractivity contribution < 1.29 is 4.74 Å². The van der Waals surface area contributed by atoms with Crippen molar-refractivity contribution in [3.63, 3.8) is 0 Å². The molecule has 0 saturated carbocycles. The molecule has 1 aliphatic heterocycles. The lowest BCUT2D eigenvalue weighted by atomic mass is 9.93. The van der Waals surface area contributed by atoms with Crippen LogP contribution >= 0.6 is 11.6 Å². The normalized spacial score (nSPS) is 28.1. The lowest BCUT2D eigenvalue weighted by Gasteiger charge is -2.32. The number of halogens is 1. The monoisotopic (exact) mass is 292 g/mol. The molecule has 0 N–H and O–H groups in total. The Labute approximate surface area is 124 Å². The van der Waals surface area contributed by atoms with E-state index in [-0.39, 0.29) is 17.0 Å². The van der Waals surface area contributed by atoms with Crippen LogP contribution in [0.2, 0.25) is 0 Å². The summed E-state index contributed by atoms with van der Waals surface area (Å²) in [6, 6.07) is 6.24. The second kappa shape index (κ2) is 4.74. The van der Waals surface area contributed by atoms with Gasteiger partial charge >= 0.3 is 0 Å². The van der Waals surface area contributed by atoms with Gasteiger partial charge in [0.1, 0.15) is 5.82 Å². The number of imidazole rings is 1. The fourth-order valence-electron chi connectivity index (χ4n) is 3.22. The van der Waals surface area contributed by atoms with Gasteiger partial charge in [-0.1, -0.05) is 12.1 Å². The average Bonchev–Trinajstić information content (AvgIpc) is 2.93. The molecule has 0 amide bonds. The second-order valence-corrected chi connectivity index (χ2v) is 6.64. The topological polar surface area (TPSA) is 27.1 Å². The molecular weight excluding hydrogens is 272 g/mol. The largest absolute Gasteiger partial charge is 0.376 e. The van der Waals surface area contributed by atoms with E-state index in [2.05, 4.69) is 43.5 Å². The van der Waals surface area contributed by atoms with Gasteiger partial charge in [0.2, 0.25) is 0 Å². The van der Waals surface area contributed by atoms with E-state index in [0.717, 1.165) is 24.4 Å². The van der Waals surface area contributed by atoms with Gasteiger partial charge in [0.05, 0.1) is 28.1 Å². The number of para-hydroxylation sites is 1. The minimum absolute atomic E-state index is 0.0840. The number of aromatic nitrogens is 2. The van der Waals surface area contributed by atoms with Crippen LogP contribution in [0.1, 0.15) is 44.0 Å². The Morgan fingerprint density at radius 2 is 2.25 bits per heavy atom. The third-order valence-electron chi connectivity index (χ3n) is 4.62. The second-order valence-electron chi connectivity index (χ2n) is 5.98. The maximum atomic E-state index is 6.40. The summed E-state index contributed by atoms with van der Waals surface area (Å²) in [5.74, 6) is 0.941. The van der Waals surface area contributed by atoms with E-state index in [1.54, 1.807) is 0 Å². The first-order valence-corrected chi connectivity index (χ1v) is 7.63. The van der Waals surface area contributed by atoms with Gasteiger partial charge in [-0.05, 0) is 45.7 Å². The van der Waals surface area contributed by atoms with Gasteiger partial charge < -0.3 is 9.30 Å². The van der Waals surface area contributed by atoms with Gasteiger partial charge in [-0.15, -0.1) is 11.6 Å². The van der Waals surface area contributed by atoms with Crippen molar-refractivity contribution in [3.05, 3.63) is 29.6 Å². The number of alkyl halides is 1. The fraction of sp³-hybridized carbons (Fsp3) is 0.562. The minimum atomic E-state index is -0.119. The Hall–Kier alpha value is -1.06. The van der Waals surface area contributed by atoms with E-state index in [1.807, 2.05) is 6.92 Å². The average molecular weight is 293 g/mol. The number of nitrogens with zero attached hydrogens (tertiary/aromatic N) is 2. The molecule has 20 heavy (non-hydrogen) atoms. The van der Waals surface area contributed by atoms with Gasteiger partial charge in [-0.3, -0.25) is 0 Å². The van der Waals surface area contributed by atoms with Crippen LogP contribution in [0.15, 0.2) is 18.2 Å². The Morgan fingerprint density at radius 3 is 2.85 bits per heavy atom. The van der Waals surface area contributed by atoms with Gasteiger partial charge in [0.25, 0.3) is 0 Å².